The van der Waals surface area contributed by atoms with Crippen LogP contribution in [0.25, 0.3) is 0 Å². The standard InChI is InChI=1S/C7H9N3/c8-10-5-1-2-6-7(10)3-4-9-6/h2-4H,1,5,8H2. The van der Waals surface area contributed by atoms with Crippen LogP contribution in [-0.2, 0) is 0 Å². The van der Waals surface area contributed by atoms with Gasteiger partial charge in [-0.1, -0.05) is 6.08 Å². The van der Waals surface area contributed by atoms with Gasteiger partial charge in [-0.05, 0) is 12.5 Å². The van der Waals surface area contributed by atoms with Gasteiger partial charge in [-0.3, -0.25) is 4.99 Å². The van der Waals surface area contributed by atoms with Crippen LogP contribution >= 0.6 is 0 Å². The van der Waals surface area contributed by atoms with E-state index >= 15 is 0 Å². The minimum Gasteiger partial charge on any atom is -0.309 e. The van der Waals surface area contributed by atoms with Crippen LogP contribution < -0.4 is 5.84 Å². The molecule has 0 aliphatic carbocycles. The summed E-state index contributed by atoms with van der Waals surface area (Å²) in [5.41, 5.74) is 2.07. The number of nitrogens with zero attached hydrogens (tertiary/aromatic N) is 2. The minimum absolute atomic E-state index is 0.901. The van der Waals surface area contributed by atoms with Crippen molar-refractivity contribution in [2.75, 3.05) is 6.54 Å². The van der Waals surface area contributed by atoms with Gasteiger partial charge in [0.25, 0.3) is 0 Å². The van der Waals surface area contributed by atoms with Gasteiger partial charge >= 0.3 is 0 Å². The molecule has 2 aliphatic heterocycles. The lowest BCUT2D eigenvalue weighted by Crippen LogP contribution is -2.33. The Morgan fingerprint density at radius 2 is 2.50 bits per heavy atom. The van der Waals surface area contributed by atoms with Gasteiger partial charge in [-0.2, -0.15) is 0 Å². The third-order valence-electron chi connectivity index (χ3n) is 1.73. The molecule has 0 atom stereocenters. The van der Waals surface area contributed by atoms with E-state index < -0.39 is 0 Å². The Bertz CT molecular complexity index is 237. The summed E-state index contributed by atoms with van der Waals surface area (Å²) in [6.45, 7) is 0.901. The molecule has 0 saturated heterocycles. The van der Waals surface area contributed by atoms with Crippen molar-refractivity contribution in [1.29, 1.82) is 0 Å². The SMILES string of the molecule is NN1CCC=C2N=CC=C21. The molecule has 2 heterocycles. The molecule has 0 amide bonds. The quantitative estimate of drug-likeness (QED) is 0.489. The van der Waals surface area contributed by atoms with E-state index in [1.165, 1.54) is 0 Å². The lowest BCUT2D eigenvalue weighted by Gasteiger charge is -2.23. The summed E-state index contributed by atoms with van der Waals surface area (Å²) in [5.74, 6) is 5.66. The Kier molecular flexibility index (Phi) is 1.11. The molecule has 10 heavy (non-hydrogen) atoms. The van der Waals surface area contributed by atoms with Gasteiger partial charge in [-0.15, -0.1) is 0 Å². The molecule has 2 rings (SSSR count). The number of hydrazine groups is 1. The molecule has 0 aromatic carbocycles. The molecule has 3 heteroatoms. The van der Waals surface area contributed by atoms with Crippen molar-refractivity contribution in [3.63, 3.8) is 0 Å². The van der Waals surface area contributed by atoms with Crippen molar-refractivity contribution in [1.82, 2.24) is 5.01 Å². The van der Waals surface area contributed by atoms with Crippen LogP contribution in [0, 0.1) is 0 Å². The smallest absolute Gasteiger partial charge is 0.0838 e. The molecule has 0 aromatic heterocycles. The summed E-state index contributed by atoms with van der Waals surface area (Å²) in [7, 11) is 0. The first kappa shape index (κ1) is 5.68. The predicted molar refractivity (Wildman–Crippen MR) is 40.2 cm³/mol. The van der Waals surface area contributed by atoms with E-state index in [-0.39, 0.29) is 0 Å². The van der Waals surface area contributed by atoms with E-state index in [9.17, 15) is 0 Å². The summed E-state index contributed by atoms with van der Waals surface area (Å²) < 4.78 is 0. The highest BCUT2D eigenvalue weighted by Crippen LogP contribution is 2.22. The maximum Gasteiger partial charge on any atom is 0.0838 e. The van der Waals surface area contributed by atoms with Crippen LogP contribution in [0.1, 0.15) is 6.42 Å². The van der Waals surface area contributed by atoms with Gasteiger partial charge in [0.2, 0.25) is 0 Å². The fourth-order valence-corrected chi connectivity index (χ4v) is 1.20. The monoisotopic (exact) mass is 135 g/mol. The second-order valence-electron chi connectivity index (χ2n) is 2.40. The van der Waals surface area contributed by atoms with E-state index in [2.05, 4.69) is 11.1 Å². The molecule has 0 radical (unpaired) electrons. The molecule has 2 N–H and O–H groups in total. The van der Waals surface area contributed by atoms with Gasteiger partial charge in [0.15, 0.2) is 0 Å². The predicted octanol–water partition coefficient (Wildman–Crippen LogP) is 0.418. The molecule has 0 aromatic rings. The van der Waals surface area contributed by atoms with Crippen LogP contribution in [0.15, 0.2) is 28.5 Å². The summed E-state index contributed by atoms with van der Waals surface area (Å²) in [6, 6.07) is 0. The number of nitrogens with two attached hydrogens (primary N) is 1. The topological polar surface area (TPSA) is 41.6 Å². The highest BCUT2D eigenvalue weighted by atomic mass is 15.4. The van der Waals surface area contributed by atoms with Crippen LogP contribution in [0.2, 0.25) is 0 Å². The Balaban J connectivity index is 2.37. The van der Waals surface area contributed by atoms with E-state index in [0.29, 0.717) is 0 Å². The molecular formula is C7H9N3. The molecule has 2 aliphatic rings. The van der Waals surface area contributed by atoms with Gasteiger partial charge < -0.3 is 5.01 Å². The molecule has 3 nitrogen and oxygen atoms in total. The highest BCUT2D eigenvalue weighted by Gasteiger charge is 2.16. The Hall–Kier alpha value is -1.09. The first-order valence-electron chi connectivity index (χ1n) is 3.35. The number of hydrogen-bond donors (Lipinski definition) is 1. The van der Waals surface area contributed by atoms with Crippen molar-refractivity contribution in [3.8, 4) is 0 Å². The average molecular weight is 135 g/mol. The average Bonchev–Trinajstić information content (AvgIpc) is 2.36. The first-order valence-corrected chi connectivity index (χ1v) is 3.35. The molecule has 0 spiro atoms. The number of aliphatic imine (C=N–C) groups is 1. The third-order valence-corrected chi connectivity index (χ3v) is 1.73. The number of rotatable bonds is 0. The van der Waals surface area contributed by atoms with Crippen LogP contribution in [-0.4, -0.2) is 17.8 Å². The van der Waals surface area contributed by atoms with Crippen LogP contribution in [0.5, 0.6) is 0 Å². The van der Waals surface area contributed by atoms with Crippen molar-refractivity contribution in [3.05, 3.63) is 23.5 Å². The van der Waals surface area contributed by atoms with Gasteiger partial charge in [0.1, 0.15) is 0 Å². The van der Waals surface area contributed by atoms with Gasteiger partial charge in [0.05, 0.1) is 11.4 Å². The normalized spacial score (nSPS) is 22.3. The second kappa shape index (κ2) is 1.95. The van der Waals surface area contributed by atoms with Gasteiger partial charge in [0, 0.05) is 12.8 Å². The summed E-state index contributed by atoms with van der Waals surface area (Å²) in [5, 5.41) is 1.74. The highest BCUT2D eigenvalue weighted by molar-refractivity contribution is 5.79. The van der Waals surface area contributed by atoms with E-state index in [4.69, 9.17) is 5.84 Å². The fraction of sp³-hybridized carbons (Fsp3) is 0.286. The second-order valence-corrected chi connectivity index (χ2v) is 2.40. The Morgan fingerprint density at radius 3 is 3.30 bits per heavy atom. The van der Waals surface area contributed by atoms with E-state index in [1.807, 2.05) is 6.08 Å². The summed E-state index contributed by atoms with van der Waals surface area (Å²) >= 11 is 0. The zero-order chi connectivity index (χ0) is 6.97. The zero-order valence-electron chi connectivity index (χ0n) is 5.62. The Labute approximate surface area is 59.5 Å². The van der Waals surface area contributed by atoms with E-state index in [0.717, 1.165) is 24.4 Å². The Morgan fingerprint density at radius 1 is 1.60 bits per heavy atom. The zero-order valence-corrected chi connectivity index (χ0v) is 5.62. The molecule has 52 valence electrons. The largest absolute Gasteiger partial charge is 0.309 e. The third kappa shape index (κ3) is 0.675. The molecule has 0 unspecified atom stereocenters. The molecule has 0 fully saturated rings. The number of allylic oxidation sites excluding steroid dienone is 1. The van der Waals surface area contributed by atoms with Crippen molar-refractivity contribution >= 4 is 6.21 Å². The van der Waals surface area contributed by atoms with Crippen molar-refractivity contribution < 1.29 is 0 Å². The van der Waals surface area contributed by atoms with Crippen molar-refractivity contribution in [2.24, 2.45) is 10.8 Å². The van der Waals surface area contributed by atoms with Gasteiger partial charge in [-0.25, -0.2) is 5.84 Å². The maximum atomic E-state index is 5.66. The minimum atomic E-state index is 0.901. The molecule has 0 bridgehead atoms. The molecule has 0 saturated carbocycles. The van der Waals surface area contributed by atoms with Crippen LogP contribution in [0.4, 0.5) is 0 Å². The number of fused-ring (bicyclic) bond motifs is 1. The lowest BCUT2D eigenvalue weighted by atomic mass is 10.2. The first-order chi connectivity index (χ1) is 4.88. The van der Waals surface area contributed by atoms with E-state index in [1.54, 1.807) is 11.2 Å². The maximum absolute atomic E-state index is 5.66. The van der Waals surface area contributed by atoms with Crippen LogP contribution in [0.3, 0.4) is 0 Å². The fourth-order valence-electron chi connectivity index (χ4n) is 1.20. The number of hydrogen-bond acceptors (Lipinski definition) is 3. The lowest BCUT2D eigenvalue weighted by molar-refractivity contribution is 0.362. The molecular weight excluding hydrogens is 126 g/mol. The van der Waals surface area contributed by atoms with Crippen molar-refractivity contribution in [2.45, 2.75) is 6.42 Å². The summed E-state index contributed by atoms with van der Waals surface area (Å²) in [6.07, 6.45) is 6.83. The summed E-state index contributed by atoms with van der Waals surface area (Å²) in [4.78, 5) is 4.13.